The standard InChI is InChI=1S/C13H11NO6S.C7H8O2.H2O/c1-9-6-10(15)8-11(7-9)20-21(18,19)13-5-3-2-4-12(13)14(16)17;1-5-2-6(8)4-7(9)3-5;/h2-8,15H,1H3;2-4,8-9H,1H3;1H2. The summed E-state index contributed by atoms with van der Waals surface area (Å²) in [6.45, 7) is 3.45. The van der Waals surface area contributed by atoms with Gasteiger partial charge in [0.05, 0.1) is 4.92 Å². The number of benzene rings is 3. The van der Waals surface area contributed by atoms with Gasteiger partial charge in [-0.3, -0.25) is 10.1 Å². The molecule has 10 nitrogen and oxygen atoms in total. The largest absolute Gasteiger partial charge is 0.508 e. The first kappa shape index (κ1) is 25.2. The number of nitrogens with zero attached hydrogens (tertiary/aromatic N) is 1. The molecule has 0 unspecified atom stereocenters. The number of nitro groups is 1. The minimum absolute atomic E-state index is 0. The fraction of sp³-hybridized carbons (Fsp3) is 0.100. The Labute approximate surface area is 178 Å². The average Bonchev–Trinajstić information content (AvgIpc) is 2.59. The van der Waals surface area contributed by atoms with Gasteiger partial charge in [0.25, 0.3) is 5.69 Å². The Kier molecular flexibility index (Phi) is 8.35. The van der Waals surface area contributed by atoms with Crippen LogP contribution >= 0.6 is 0 Å². The van der Waals surface area contributed by atoms with E-state index in [9.17, 15) is 23.6 Å². The number of para-hydroxylation sites is 1. The van der Waals surface area contributed by atoms with E-state index in [-0.39, 0.29) is 28.5 Å². The van der Waals surface area contributed by atoms with Gasteiger partial charge in [-0.1, -0.05) is 12.1 Å². The maximum absolute atomic E-state index is 12.1. The molecule has 0 spiro atoms. The van der Waals surface area contributed by atoms with E-state index in [1.165, 1.54) is 30.3 Å². The van der Waals surface area contributed by atoms with Gasteiger partial charge in [-0.25, -0.2) is 0 Å². The van der Waals surface area contributed by atoms with Gasteiger partial charge in [-0.05, 0) is 55.3 Å². The van der Waals surface area contributed by atoms with E-state index in [4.69, 9.17) is 14.4 Å². The van der Waals surface area contributed by atoms with Gasteiger partial charge in [0.15, 0.2) is 4.90 Å². The second kappa shape index (κ2) is 10.3. The van der Waals surface area contributed by atoms with Crippen LogP contribution in [0.2, 0.25) is 0 Å². The molecule has 3 aromatic carbocycles. The third kappa shape index (κ3) is 7.17. The van der Waals surface area contributed by atoms with Crippen LogP contribution in [0.4, 0.5) is 5.69 Å². The van der Waals surface area contributed by atoms with E-state index in [0.717, 1.165) is 23.8 Å². The molecule has 0 saturated heterocycles. The SMILES string of the molecule is Cc1cc(O)cc(O)c1.Cc1cc(O)cc(OS(=O)(=O)c2ccccc2[N+](=O)[O-])c1.O. The molecule has 11 heteroatoms. The van der Waals surface area contributed by atoms with Crippen molar-refractivity contribution in [3.63, 3.8) is 0 Å². The molecule has 0 amide bonds. The fourth-order valence-electron chi connectivity index (χ4n) is 2.51. The first-order valence-corrected chi connectivity index (χ1v) is 9.87. The smallest absolute Gasteiger partial charge is 0.346 e. The molecule has 166 valence electrons. The molecule has 0 atom stereocenters. The Morgan fingerprint density at radius 1 is 0.839 bits per heavy atom. The first-order chi connectivity index (χ1) is 14.0. The molecule has 3 aromatic rings. The van der Waals surface area contributed by atoms with Crippen LogP contribution < -0.4 is 4.18 Å². The van der Waals surface area contributed by atoms with Crippen LogP contribution in [0, 0.1) is 24.0 Å². The van der Waals surface area contributed by atoms with Crippen molar-refractivity contribution in [3.8, 4) is 23.0 Å². The van der Waals surface area contributed by atoms with Crippen LogP contribution in [-0.2, 0) is 10.1 Å². The van der Waals surface area contributed by atoms with Crippen molar-refractivity contribution in [2.75, 3.05) is 0 Å². The lowest BCUT2D eigenvalue weighted by atomic mass is 10.2. The second-order valence-corrected chi connectivity index (χ2v) is 7.81. The summed E-state index contributed by atoms with van der Waals surface area (Å²) in [7, 11) is -4.38. The van der Waals surface area contributed by atoms with E-state index < -0.39 is 25.6 Å². The summed E-state index contributed by atoms with van der Waals surface area (Å²) in [4.78, 5) is 9.53. The summed E-state index contributed by atoms with van der Waals surface area (Å²) >= 11 is 0. The zero-order chi connectivity index (χ0) is 22.5. The summed E-state index contributed by atoms with van der Waals surface area (Å²) in [6.07, 6.45) is 0. The Morgan fingerprint density at radius 3 is 1.81 bits per heavy atom. The molecule has 0 aliphatic heterocycles. The Hall–Kier alpha value is -3.83. The molecule has 0 aliphatic carbocycles. The van der Waals surface area contributed by atoms with Crippen molar-refractivity contribution in [1.82, 2.24) is 0 Å². The number of phenols is 3. The van der Waals surface area contributed by atoms with E-state index in [1.54, 1.807) is 26.0 Å². The van der Waals surface area contributed by atoms with Crippen LogP contribution in [0.25, 0.3) is 0 Å². The predicted octanol–water partition coefficient (Wildman–Crippen LogP) is 2.96. The number of aromatic hydroxyl groups is 3. The van der Waals surface area contributed by atoms with Gasteiger partial charge in [-0.2, -0.15) is 8.42 Å². The highest BCUT2D eigenvalue weighted by atomic mass is 32.2. The molecule has 0 aromatic heterocycles. The average molecular weight is 451 g/mol. The Morgan fingerprint density at radius 2 is 1.32 bits per heavy atom. The van der Waals surface area contributed by atoms with Gasteiger partial charge in [-0.15, -0.1) is 0 Å². The second-order valence-electron chi connectivity index (χ2n) is 6.29. The lowest BCUT2D eigenvalue weighted by molar-refractivity contribution is -0.387. The van der Waals surface area contributed by atoms with Crippen LogP contribution in [0.15, 0.2) is 65.6 Å². The van der Waals surface area contributed by atoms with Gasteiger partial charge in [0.2, 0.25) is 0 Å². The summed E-state index contributed by atoms with van der Waals surface area (Å²) in [6, 6.07) is 13.3. The van der Waals surface area contributed by atoms with Crippen LogP contribution in [-0.4, -0.2) is 34.1 Å². The number of hydrogen-bond donors (Lipinski definition) is 3. The van der Waals surface area contributed by atoms with E-state index in [2.05, 4.69) is 0 Å². The van der Waals surface area contributed by atoms with Gasteiger partial charge in [0.1, 0.15) is 23.0 Å². The van der Waals surface area contributed by atoms with Crippen molar-refractivity contribution in [3.05, 3.63) is 81.9 Å². The topological polar surface area (TPSA) is 179 Å². The zero-order valence-corrected chi connectivity index (χ0v) is 17.3. The minimum atomic E-state index is -4.38. The van der Waals surface area contributed by atoms with E-state index in [1.807, 2.05) is 0 Å². The maximum Gasteiger partial charge on any atom is 0.346 e. The van der Waals surface area contributed by atoms with Gasteiger partial charge in [0, 0.05) is 18.2 Å². The molecule has 0 saturated carbocycles. The molecule has 3 rings (SSSR count). The molecule has 0 bridgehead atoms. The van der Waals surface area contributed by atoms with Crippen molar-refractivity contribution >= 4 is 15.8 Å². The summed E-state index contributed by atoms with van der Waals surface area (Å²) in [5.74, 6) is -0.0755. The van der Waals surface area contributed by atoms with Crippen LogP contribution in [0.3, 0.4) is 0 Å². The van der Waals surface area contributed by atoms with Crippen LogP contribution in [0.1, 0.15) is 11.1 Å². The van der Waals surface area contributed by atoms with Crippen molar-refractivity contribution in [2.24, 2.45) is 0 Å². The quantitative estimate of drug-likeness (QED) is 0.308. The van der Waals surface area contributed by atoms with Crippen LogP contribution in [0.5, 0.6) is 23.0 Å². The Balaban J connectivity index is 0.000000404. The summed E-state index contributed by atoms with van der Waals surface area (Å²) < 4.78 is 29.1. The third-order valence-electron chi connectivity index (χ3n) is 3.62. The number of hydrogen-bond acceptors (Lipinski definition) is 8. The Bertz CT molecular complexity index is 1110. The van der Waals surface area contributed by atoms with Gasteiger partial charge >= 0.3 is 10.1 Å². The minimum Gasteiger partial charge on any atom is -0.508 e. The monoisotopic (exact) mass is 451 g/mol. The molecule has 0 heterocycles. The fourth-order valence-corrected chi connectivity index (χ4v) is 3.59. The molecule has 5 N–H and O–H groups in total. The molecule has 31 heavy (non-hydrogen) atoms. The lowest BCUT2D eigenvalue weighted by Crippen LogP contribution is -2.12. The van der Waals surface area contributed by atoms with Gasteiger partial charge < -0.3 is 25.0 Å². The third-order valence-corrected chi connectivity index (χ3v) is 4.92. The zero-order valence-electron chi connectivity index (χ0n) is 16.5. The number of aryl methyl sites for hydroxylation is 2. The van der Waals surface area contributed by atoms with Crippen molar-refractivity contribution in [1.29, 1.82) is 0 Å². The summed E-state index contributed by atoms with van der Waals surface area (Å²) in [5.41, 5.74) is 0.865. The lowest BCUT2D eigenvalue weighted by Gasteiger charge is -2.08. The molecule has 0 radical (unpaired) electrons. The normalized spacial score (nSPS) is 10.3. The number of rotatable bonds is 4. The highest BCUT2D eigenvalue weighted by Crippen LogP contribution is 2.28. The molecule has 0 fully saturated rings. The highest BCUT2D eigenvalue weighted by molar-refractivity contribution is 7.87. The molecule has 0 aliphatic rings. The summed E-state index contributed by atoms with van der Waals surface area (Å²) in [5, 5.41) is 38.0. The van der Waals surface area contributed by atoms with Crippen molar-refractivity contribution < 1.29 is 38.3 Å². The van der Waals surface area contributed by atoms with E-state index in [0.29, 0.717) is 5.56 Å². The maximum atomic E-state index is 12.1. The number of nitro benzene ring substituents is 1. The highest BCUT2D eigenvalue weighted by Gasteiger charge is 2.27. The van der Waals surface area contributed by atoms with E-state index >= 15 is 0 Å². The number of phenolic OH excluding ortho intramolecular Hbond substituents is 3. The molecular formula is C20H21NO9S. The predicted molar refractivity (Wildman–Crippen MR) is 112 cm³/mol. The first-order valence-electron chi connectivity index (χ1n) is 8.46. The molecular weight excluding hydrogens is 430 g/mol. The van der Waals surface area contributed by atoms with Crippen molar-refractivity contribution in [2.45, 2.75) is 18.7 Å².